The fourth-order valence-electron chi connectivity index (χ4n) is 1.93. The van der Waals surface area contributed by atoms with Crippen LogP contribution >= 0.6 is 0 Å². The Balaban J connectivity index is 2.46. The zero-order valence-electron chi connectivity index (χ0n) is 11.0. The van der Waals surface area contributed by atoms with Crippen LogP contribution in [0.15, 0.2) is 16.5 Å². The fraction of sp³-hybridized carbons (Fsp3) is 0.714. The second kappa shape index (κ2) is 6.74. The van der Waals surface area contributed by atoms with Gasteiger partial charge in [0.25, 0.3) is 0 Å². The van der Waals surface area contributed by atoms with Crippen LogP contribution in [0.1, 0.15) is 57.6 Å². The molecule has 92 valence electrons. The molecule has 1 aromatic heterocycles. The van der Waals surface area contributed by atoms with Gasteiger partial charge >= 0.3 is 0 Å². The Labute approximate surface area is 99.4 Å². The monoisotopic (exact) mass is 223 g/mol. The van der Waals surface area contributed by atoms with Gasteiger partial charge in [-0.2, -0.15) is 0 Å². The van der Waals surface area contributed by atoms with E-state index in [1.807, 2.05) is 7.05 Å². The fourth-order valence-corrected chi connectivity index (χ4v) is 1.93. The Morgan fingerprint density at radius 1 is 1.25 bits per heavy atom. The van der Waals surface area contributed by atoms with Gasteiger partial charge in [-0.15, -0.1) is 0 Å². The number of rotatable bonds is 7. The summed E-state index contributed by atoms with van der Waals surface area (Å²) >= 11 is 0. The first kappa shape index (κ1) is 13.3. The lowest BCUT2D eigenvalue weighted by Gasteiger charge is -2.14. The highest BCUT2D eigenvalue weighted by atomic mass is 16.3. The molecule has 1 rings (SSSR count). The van der Waals surface area contributed by atoms with Crippen LogP contribution in [0.25, 0.3) is 0 Å². The van der Waals surface area contributed by atoms with Crippen molar-refractivity contribution in [2.24, 2.45) is 5.92 Å². The van der Waals surface area contributed by atoms with Gasteiger partial charge in [0, 0.05) is 6.42 Å². The molecule has 1 atom stereocenters. The van der Waals surface area contributed by atoms with Gasteiger partial charge in [-0.1, -0.05) is 33.6 Å². The smallest absolute Gasteiger partial charge is 0.121 e. The lowest BCUT2D eigenvalue weighted by Crippen LogP contribution is -2.15. The van der Waals surface area contributed by atoms with Gasteiger partial charge in [0.15, 0.2) is 0 Å². The molecule has 0 aliphatic heterocycles. The quantitative estimate of drug-likeness (QED) is 0.757. The third-order valence-corrected chi connectivity index (χ3v) is 3.00. The standard InChI is InChI=1S/C14H25NO/c1-5-12-9-10-14(16-12)13(15-4)8-6-7-11(2)3/h9-11,13,15H,5-8H2,1-4H3. The average Bonchev–Trinajstić information content (AvgIpc) is 2.72. The molecule has 2 heteroatoms. The summed E-state index contributed by atoms with van der Waals surface area (Å²) in [6, 6.07) is 4.57. The minimum absolute atomic E-state index is 0.374. The molecule has 2 nitrogen and oxygen atoms in total. The summed E-state index contributed by atoms with van der Waals surface area (Å²) in [6.07, 6.45) is 4.68. The van der Waals surface area contributed by atoms with Gasteiger partial charge in [0.1, 0.15) is 11.5 Å². The average molecular weight is 223 g/mol. The minimum atomic E-state index is 0.374. The van der Waals surface area contributed by atoms with Crippen LogP contribution in [0.3, 0.4) is 0 Å². The molecular weight excluding hydrogens is 198 g/mol. The Morgan fingerprint density at radius 3 is 2.50 bits per heavy atom. The zero-order chi connectivity index (χ0) is 12.0. The summed E-state index contributed by atoms with van der Waals surface area (Å²) in [5.74, 6) is 2.96. The van der Waals surface area contributed by atoms with Crippen molar-refractivity contribution in [3.8, 4) is 0 Å². The van der Waals surface area contributed by atoms with Gasteiger partial charge in [-0.05, 0) is 31.5 Å². The van der Waals surface area contributed by atoms with Gasteiger partial charge in [0.2, 0.25) is 0 Å². The predicted molar refractivity (Wildman–Crippen MR) is 68.6 cm³/mol. The van der Waals surface area contributed by atoms with Gasteiger partial charge in [-0.3, -0.25) is 0 Å². The second-order valence-electron chi connectivity index (χ2n) is 4.82. The number of aryl methyl sites for hydroxylation is 1. The van der Waals surface area contributed by atoms with Crippen molar-refractivity contribution in [2.75, 3.05) is 7.05 Å². The van der Waals surface area contributed by atoms with E-state index in [0.717, 1.165) is 30.3 Å². The Morgan fingerprint density at radius 2 is 2.00 bits per heavy atom. The zero-order valence-corrected chi connectivity index (χ0v) is 11.0. The molecule has 0 radical (unpaired) electrons. The molecule has 0 aliphatic rings. The minimum Gasteiger partial charge on any atom is -0.464 e. The Hall–Kier alpha value is -0.760. The summed E-state index contributed by atoms with van der Waals surface area (Å²) < 4.78 is 5.78. The molecular formula is C14H25NO. The van der Waals surface area contributed by atoms with Crippen LogP contribution in [0, 0.1) is 5.92 Å². The van der Waals surface area contributed by atoms with Crippen molar-refractivity contribution < 1.29 is 4.42 Å². The van der Waals surface area contributed by atoms with Crippen LogP contribution in [0.5, 0.6) is 0 Å². The first-order valence-electron chi connectivity index (χ1n) is 6.43. The van der Waals surface area contributed by atoms with Crippen LogP contribution in [-0.4, -0.2) is 7.05 Å². The van der Waals surface area contributed by atoms with E-state index in [-0.39, 0.29) is 0 Å². The number of nitrogens with one attached hydrogen (secondary N) is 1. The lowest BCUT2D eigenvalue weighted by molar-refractivity contribution is 0.379. The van der Waals surface area contributed by atoms with Crippen molar-refractivity contribution >= 4 is 0 Å². The molecule has 1 N–H and O–H groups in total. The first-order chi connectivity index (χ1) is 7.67. The van der Waals surface area contributed by atoms with E-state index in [0.29, 0.717) is 6.04 Å². The maximum absolute atomic E-state index is 5.78. The molecule has 0 bridgehead atoms. The van der Waals surface area contributed by atoms with Gasteiger partial charge in [-0.25, -0.2) is 0 Å². The van der Waals surface area contributed by atoms with Crippen LogP contribution in [0.2, 0.25) is 0 Å². The van der Waals surface area contributed by atoms with Crippen molar-refractivity contribution in [3.05, 3.63) is 23.7 Å². The summed E-state index contributed by atoms with van der Waals surface area (Å²) in [4.78, 5) is 0. The maximum Gasteiger partial charge on any atom is 0.121 e. The predicted octanol–water partition coefficient (Wildman–Crippen LogP) is 3.93. The Bertz CT molecular complexity index is 291. The van der Waals surface area contributed by atoms with E-state index in [1.165, 1.54) is 12.8 Å². The van der Waals surface area contributed by atoms with E-state index in [1.54, 1.807) is 0 Å². The number of hydrogen-bond donors (Lipinski definition) is 1. The SMILES string of the molecule is CCc1ccc(C(CCCC(C)C)NC)o1. The highest BCUT2D eigenvalue weighted by Gasteiger charge is 2.13. The molecule has 0 fully saturated rings. The molecule has 16 heavy (non-hydrogen) atoms. The molecule has 1 aromatic rings. The summed E-state index contributed by atoms with van der Waals surface area (Å²) in [7, 11) is 2.01. The molecule has 1 unspecified atom stereocenters. The maximum atomic E-state index is 5.78. The topological polar surface area (TPSA) is 25.2 Å². The van der Waals surface area contributed by atoms with E-state index >= 15 is 0 Å². The molecule has 1 heterocycles. The normalized spacial score (nSPS) is 13.3. The molecule has 0 saturated heterocycles. The highest BCUT2D eigenvalue weighted by Crippen LogP contribution is 2.22. The van der Waals surface area contributed by atoms with Crippen LogP contribution in [-0.2, 0) is 6.42 Å². The summed E-state index contributed by atoms with van der Waals surface area (Å²) in [5, 5.41) is 3.34. The third kappa shape index (κ3) is 4.01. The van der Waals surface area contributed by atoms with Gasteiger partial charge in [0.05, 0.1) is 6.04 Å². The van der Waals surface area contributed by atoms with Crippen molar-refractivity contribution in [2.45, 2.75) is 52.5 Å². The first-order valence-corrected chi connectivity index (χ1v) is 6.43. The third-order valence-electron chi connectivity index (χ3n) is 3.00. The molecule has 0 saturated carbocycles. The Kier molecular flexibility index (Phi) is 5.61. The summed E-state index contributed by atoms with van der Waals surface area (Å²) in [6.45, 7) is 6.67. The van der Waals surface area contributed by atoms with Crippen LogP contribution < -0.4 is 5.32 Å². The van der Waals surface area contributed by atoms with Crippen LogP contribution in [0.4, 0.5) is 0 Å². The summed E-state index contributed by atoms with van der Waals surface area (Å²) in [5.41, 5.74) is 0. The molecule has 0 aromatic carbocycles. The lowest BCUT2D eigenvalue weighted by atomic mass is 10.0. The highest BCUT2D eigenvalue weighted by molar-refractivity contribution is 5.10. The number of furan rings is 1. The van der Waals surface area contributed by atoms with Crippen molar-refractivity contribution in [1.29, 1.82) is 0 Å². The van der Waals surface area contributed by atoms with E-state index in [4.69, 9.17) is 4.42 Å². The number of hydrogen-bond acceptors (Lipinski definition) is 2. The molecule has 0 aliphatic carbocycles. The van der Waals surface area contributed by atoms with E-state index < -0.39 is 0 Å². The van der Waals surface area contributed by atoms with E-state index in [2.05, 4.69) is 38.2 Å². The second-order valence-corrected chi connectivity index (χ2v) is 4.82. The van der Waals surface area contributed by atoms with Crippen molar-refractivity contribution in [3.63, 3.8) is 0 Å². The van der Waals surface area contributed by atoms with Crippen molar-refractivity contribution in [1.82, 2.24) is 5.32 Å². The van der Waals surface area contributed by atoms with E-state index in [9.17, 15) is 0 Å². The largest absolute Gasteiger partial charge is 0.464 e. The van der Waals surface area contributed by atoms with Gasteiger partial charge < -0.3 is 9.73 Å². The molecule has 0 spiro atoms. The molecule has 0 amide bonds.